The maximum Gasteiger partial charge on any atom is 0.327 e. The van der Waals surface area contributed by atoms with Gasteiger partial charge in [0.15, 0.2) is 0 Å². The monoisotopic (exact) mass is 430 g/mol. The summed E-state index contributed by atoms with van der Waals surface area (Å²) < 4.78 is 5.24. The van der Waals surface area contributed by atoms with Gasteiger partial charge in [0, 0.05) is 17.5 Å². The Labute approximate surface area is 182 Å². The van der Waals surface area contributed by atoms with E-state index in [1.807, 2.05) is 18.7 Å². The van der Waals surface area contributed by atoms with E-state index in [-0.39, 0.29) is 23.8 Å². The highest BCUT2D eigenvalue weighted by Gasteiger charge is 2.72. The number of thioether (sulfide) groups is 1. The van der Waals surface area contributed by atoms with Gasteiger partial charge in [-0.05, 0) is 62.6 Å². The van der Waals surface area contributed by atoms with Gasteiger partial charge in [0.1, 0.15) is 5.54 Å². The van der Waals surface area contributed by atoms with Gasteiger partial charge in [-0.15, -0.1) is 11.8 Å². The van der Waals surface area contributed by atoms with E-state index in [4.69, 9.17) is 4.74 Å². The minimum Gasteiger partial charge on any atom is -0.468 e. The van der Waals surface area contributed by atoms with E-state index in [1.165, 1.54) is 16.9 Å². The third-order valence-corrected chi connectivity index (χ3v) is 8.12. The van der Waals surface area contributed by atoms with E-state index in [2.05, 4.69) is 36.1 Å². The molecule has 3 fully saturated rings. The Kier molecular flexibility index (Phi) is 5.95. The van der Waals surface area contributed by atoms with Crippen LogP contribution in [0.4, 0.5) is 0 Å². The van der Waals surface area contributed by atoms with Gasteiger partial charge < -0.3 is 4.74 Å². The maximum absolute atomic E-state index is 13.3. The highest BCUT2D eigenvalue weighted by Crippen LogP contribution is 2.58. The van der Waals surface area contributed by atoms with E-state index in [0.29, 0.717) is 19.5 Å². The van der Waals surface area contributed by atoms with Crippen molar-refractivity contribution in [3.63, 3.8) is 0 Å². The molecule has 6 nitrogen and oxygen atoms in total. The molecule has 3 heterocycles. The third-order valence-electron chi connectivity index (χ3n) is 6.90. The molecule has 1 aromatic rings. The third kappa shape index (κ3) is 3.01. The normalized spacial score (nSPS) is 31.0. The van der Waals surface area contributed by atoms with Crippen LogP contribution in [-0.4, -0.2) is 59.1 Å². The van der Waals surface area contributed by atoms with E-state index in [9.17, 15) is 14.4 Å². The molecule has 0 aromatic heterocycles. The van der Waals surface area contributed by atoms with Gasteiger partial charge in [-0.2, -0.15) is 0 Å². The number of esters is 1. The molecule has 0 saturated carbocycles. The highest BCUT2D eigenvalue weighted by molar-refractivity contribution is 7.99. The van der Waals surface area contributed by atoms with Crippen LogP contribution in [0.2, 0.25) is 0 Å². The van der Waals surface area contributed by atoms with Crippen molar-refractivity contribution in [1.82, 2.24) is 9.80 Å². The summed E-state index contributed by atoms with van der Waals surface area (Å²) in [7, 11) is 1.38. The second-order valence-corrected chi connectivity index (χ2v) is 9.52. The molecule has 7 heteroatoms. The molecule has 3 saturated heterocycles. The summed E-state index contributed by atoms with van der Waals surface area (Å²) in [4.78, 5) is 44.5. The lowest BCUT2D eigenvalue weighted by molar-refractivity contribution is -0.164. The zero-order chi connectivity index (χ0) is 21.5. The Morgan fingerprint density at radius 3 is 2.53 bits per heavy atom. The van der Waals surface area contributed by atoms with E-state index < -0.39 is 17.4 Å². The van der Waals surface area contributed by atoms with Crippen LogP contribution >= 0.6 is 11.8 Å². The molecule has 0 unspecified atom stereocenters. The van der Waals surface area contributed by atoms with Crippen molar-refractivity contribution in [1.29, 1.82) is 0 Å². The van der Waals surface area contributed by atoms with Crippen molar-refractivity contribution in [2.45, 2.75) is 56.0 Å². The maximum atomic E-state index is 13.3. The Hall–Kier alpha value is -1.86. The summed E-state index contributed by atoms with van der Waals surface area (Å²) in [5.41, 5.74) is -0.0492. The fourth-order valence-electron chi connectivity index (χ4n) is 5.71. The number of ether oxygens (including phenoxy) is 1. The highest BCUT2D eigenvalue weighted by atomic mass is 32.2. The molecular formula is C23H30N2O4S. The number of imide groups is 1. The second kappa shape index (κ2) is 8.35. The molecule has 0 N–H and O–H groups in total. The number of methoxy groups -OCH3 is 1. The van der Waals surface area contributed by atoms with E-state index in [0.717, 1.165) is 30.6 Å². The number of likely N-dealkylation sites (tertiary alicyclic amines) is 1. The van der Waals surface area contributed by atoms with Crippen LogP contribution in [0.1, 0.15) is 51.1 Å². The summed E-state index contributed by atoms with van der Waals surface area (Å²) in [5.74, 6) is -0.902. The molecule has 162 valence electrons. The lowest BCUT2D eigenvalue weighted by Gasteiger charge is -2.44. The van der Waals surface area contributed by atoms with Gasteiger partial charge in [-0.25, -0.2) is 0 Å². The Bertz CT molecular complexity index is 842. The molecule has 30 heavy (non-hydrogen) atoms. The molecule has 1 aromatic carbocycles. The quantitative estimate of drug-likeness (QED) is 0.392. The molecule has 0 bridgehead atoms. The summed E-state index contributed by atoms with van der Waals surface area (Å²) in [5, 5.41) is 0. The van der Waals surface area contributed by atoms with Crippen molar-refractivity contribution >= 4 is 29.5 Å². The SMILES string of the molecule is CCCSc1ccc([C@@H]2[C@@H]3C(=O)N(CC)C(=O)[C@@H]3[C@]3(C(=O)OC)CCCCN23)cc1. The van der Waals surface area contributed by atoms with Crippen LogP contribution in [-0.2, 0) is 19.1 Å². The number of rotatable bonds is 6. The number of carbonyl (C=O) groups is 3. The summed E-state index contributed by atoms with van der Waals surface area (Å²) in [6, 6.07) is 8.02. The number of hydrogen-bond acceptors (Lipinski definition) is 6. The molecule has 0 radical (unpaired) electrons. The van der Waals surface area contributed by atoms with Crippen molar-refractivity contribution < 1.29 is 19.1 Å². The number of fused-ring (bicyclic) bond motifs is 3. The van der Waals surface area contributed by atoms with Gasteiger partial charge in [0.25, 0.3) is 0 Å². The van der Waals surface area contributed by atoms with Crippen LogP contribution in [0.25, 0.3) is 0 Å². The van der Waals surface area contributed by atoms with Crippen LogP contribution < -0.4 is 0 Å². The number of nitrogens with zero attached hydrogens (tertiary/aromatic N) is 2. The molecular weight excluding hydrogens is 400 g/mol. The topological polar surface area (TPSA) is 66.9 Å². The van der Waals surface area contributed by atoms with Gasteiger partial charge in [0.05, 0.1) is 18.9 Å². The molecule has 0 spiro atoms. The smallest absolute Gasteiger partial charge is 0.327 e. The zero-order valence-electron chi connectivity index (χ0n) is 17.9. The van der Waals surface area contributed by atoms with Crippen LogP contribution in [0.15, 0.2) is 29.2 Å². The predicted molar refractivity (Wildman–Crippen MR) is 115 cm³/mol. The zero-order valence-corrected chi connectivity index (χ0v) is 18.7. The molecule has 2 amide bonds. The second-order valence-electron chi connectivity index (χ2n) is 8.35. The first kappa shape index (κ1) is 21.4. The van der Waals surface area contributed by atoms with Gasteiger partial charge in [-0.3, -0.25) is 24.2 Å². The molecule has 4 atom stereocenters. The summed E-state index contributed by atoms with van der Waals surface area (Å²) >= 11 is 1.81. The number of amides is 2. The van der Waals surface area contributed by atoms with Gasteiger partial charge in [-0.1, -0.05) is 19.1 Å². The minimum atomic E-state index is -1.05. The van der Waals surface area contributed by atoms with Crippen LogP contribution in [0.5, 0.6) is 0 Å². The molecule has 3 aliphatic heterocycles. The van der Waals surface area contributed by atoms with Crippen LogP contribution in [0.3, 0.4) is 0 Å². The van der Waals surface area contributed by atoms with Crippen molar-refractivity contribution in [2.75, 3.05) is 26.0 Å². The first-order valence-corrected chi connectivity index (χ1v) is 11.9. The average molecular weight is 431 g/mol. The predicted octanol–water partition coefficient (Wildman–Crippen LogP) is 3.26. The number of carbonyl (C=O) groups excluding carboxylic acids is 3. The fraction of sp³-hybridized carbons (Fsp3) is 0.609. The Morgan fingerprint density at radius 1 is 1.17 bits per heavy atom. The number of hydrogen-bond donors (Lipinski definition) is 0. The van der Waals surface area contributed by atoms with E-state index in [1.54, 1.807) is 0 Å². The van der Waals surface area contributed by atoms with Gasteiger partial charge in [0.2, 0.25) is 11.8 Å². The molecule has 0 aliphatic carbocycles. The number of piperidine rings is 1. The first-order chi connectivity index (χ1) is 14.5. The standard InChI is InChI=1S/C23H30N2O4S/c1-4-14-30-16-10-8-15(9-11-16)19-17-18(21(27)24(5-2)20(17)26)23(22(28)29-3)12-6-7-13-25(19)23/h8-11,17-19H,4-7,12-14H2,1-3H3/t17-,18-,19-,23+/m1/s1. The lowest BCUT2D eigenvalue weighted by atomic mass is 9.75. The lowest BCUT2D eigenvalue weighted by Crippen LogP contribution is -2.59. The van der Waals surface area contributed by atoms with Gasteiger partial charge >= 0.3 is 5.97 Å². The van der Waals surface area contributed by atoms with E-state index >= 15 is 0 Å². The minimum absolute atomic E-state index is 0.153. The first-order valence-electron chi connectivity index (χ1n) is 10.9. The largest absolute Gasteiger partial charge is 0.468 e. The average Bonchev–Trinajstić information content (AvgIpc) is 3.22. The Morgan fingerprint density at radius 2 is 1.90 bits per heavy atom. The van der Waals surface area contributed by atoms with Crippen molar-refractivity contribution in [2.24, 2.45) is 11.8 Å². The summed E-state index contributed by atoms with van der Waals surface area (Å²) in [6.07, 6.45) is 3.46. The Balaban J connectivity index is 1.80. The molecule has 4 rings (SSSR count). The summed E-state index contributed by atoms with van der Waals surface area (Å²) in [6.45, 7) is 4.99. The van der Waals surface area contributed by atoms with Crippen molar-refractivity contribution in [3.05, 3.63) is 29.8 Å². The molecule has 3 aliphatic rings. The number of benzene rings is 1. The fourth-order valence-corrected chi connectivity index (χ4v) is 6.48. The van der Waals surface area contributed by atoms with Crippen LogP contribution in [0, 0.1) is 11.8 Å². The van der Waals surface area contributed by atoms with Crippen molar-refractivity contribution in [3.8, 4) is 0 Å².